The second kappa shape index (κ2) is 14.8. The zero-order valence-electron chi connectivity index (χ0n) is 27.6. The Labute approximate surface area is 293 Å². The van der Waals surface area contributed by atoms with E-state index in [1.165, 1.54) is 10.8 Å². The minimum absolute atomic E-state index is 0.0120. The molecule has 0 bridgehead atoms. The number of carbonyl (C=O) groups excluding carboxylic acids is 3. The van der Waals surface area contributed by atoms with Gasteiger partial charge in [0.1, 0.15) is 30.6 Å². The number of rotatable bonds is 13. The number of fused-ring (bicyclic) bond motifs is 1. The number of hydrogen-bond donors (Lipinski definition) is 1. The molecule has 1 N–H and O–H groups in total. The molecule has 0 spiro atoms. The fourth-order valence-corrected chi connectivity index (χ4v) is 6.21. The van der Waals surface area contributed by atoms with Crippen LogP contribution in [0.25, 0.3) is 5.52 Å². The van der Waals surface area contributed by atoms with E-state index in [0.29, 0.717) is 22.5 Å². The summed E-state index contributed by atoms with van der Waals surface area (Å²) in [7, 11) is 0. The average Bonchev–Trinajstić information content (AvgIpc) is 3.78. The maximum atomic E-state index is 13.6. The van der Waals surface area contributed by atoms with Crippen LogP contribution in [0.5, 0.6) is 0 Å². The highest BCUT2D eigenvalue weighted by Crippen LogP contribution is 2.44. The zero-order chi connectivity index (χ0) is 35.2. The molecule has 1 aliphatic carbocycles. The van der Waals surface area contributed by atoms with Crippen molar-refractivity contribution in [2.75, 3.05) is 11.9 Å². The van der Waals surface area contributed by atoms with Crippen molar-refractivity contribution in [3.8, 4) is 6.07 Å². The topological polar surface area (TPSA) is 154 Å². The molecule has 4 atom stereocenters. The van der Waals surface area contributed by atoms with E-state index in [2.05, 4.69) is 21.5 Å². The highest BCUT2D eigenvalue weighted by atomic mass is 16.7. The predicted molar refractivity (Wildman–Crippen MR) is 183 cm³/mol. The molecule has 7 rings (SSSR count). The summed E-state index contributed by atoms with van der Waals surface area (Å²) in [6.07, 6.45) is -0.878. The monoisotopic (exact) mass is 685 g/mol. The van der Waals surface area contributed by atoms with Gasteiger partial charge in [0.15, 0.2) is 18.0 Å². The zero-order valence-corrected chi connectivity index (χ0v) is 27.6. The second-order valence-electron chi connectivity index (χ2n) is 12.6. The molecule has 51 heavy (non-hydrogen) atoms. The van der Waals surface area contributed by atoms with Gasteiger partial charge in [0, 0.05) is 6.04 Å². The molecule has 4 unspecified atom stereocenters. The number of nitriles is 1. The molecule has 0 amide bonds. The standard InChI is InChI=1S/C39H35N5O7/c40-24-39(32-19-18-30-38(43-29-16-17-29)41-25-42-44(30)32)37(50-35(47)22-28-14-8-3-9-15-28)36(49-34(46)21-27-12-6-2-7-13-27)31(51-39)23-48-33(45)20-26-10-4-1-5-11-26/h1-15,18-19,25,29,31,36-37H,16-17,20-23H2,(H,41,42,43). The van der Waals surface area contributed by atoms with Crippen molar-refractivity contribution in [3.63, 3.8) is 0 Å². The SMILES string of the molecule is N#CC1(c2ccc3c(NC4CC4)ncnn23)OC(COC(=O)Cc2ccccc2)C(OC(=O)Cc2ccccc2)C1OC(=O)Cc1ccccc1. The van der Waals surface area contributed by atoms with Gasteiger partial charge in [0.25, 0.3) is 0 Å². The molecular weight excluding hydrogens is 650 g/mol. The molecule has 5 aromatic rings. The quantitative estimate of drug-likeness (QED) is 0.138. The van der Waals surface area contributed by atoms with E-state index in [1.807, 2.05) is 30.3 Å². The van der Waals surface area contributed by atoms with Gasteiger partial charge in [0.05, 0.1) is 25.0 Å². The third-order valence-electron chi connectivity index (χ3n) is 8.83. The first-order valence-electron chi connectivity index (χ1n) is 16.8. The van der Waals surface area contributed by atoms with Crippen LogP contribution in [0.2, 0.25) is 0 Å². The number of anilines is 1. The summed E-state index contributed by atoms with van der Waals surface area (Å²) >= 11 is 0. The van der Waals surface area contributed by atoms with Crippen LogP contribution in [-0.4, -0.2) is 63.5 Å². The average molecular weight is 686 g/mol. The number of ether oxygens (including phenoxy) is 4. The van der Waals surface area contributed by atoms with E-state index in [4.69, 9.17) is 18.9 Å². The number of hydrogen-bond acceptors (Lipinski definition) is 11. The van der Waals surface area contributed by atoms with E-state index in [-0.39, 0.29) is 31.0 Å². The Hall–Kier alpha value is -6.06. The lowest BCUT2D eigenvalue weighted by molar-refractivity contribution is -0.169. The molecule has 2 aromatic heterocycles. The summed E-state index contributed by atoms with van der Waals surface area (Å²) in [5.41, 5.74) is 0.877. The van der Waals surface area contributed by atoms with Crippen molar-refractivity contribution in [2.45, 2.75) is 62.1 Å². The molecule has 12 heteroatoms. The number of carbonyl (C=O) groups is 3. The summed E-state index contributed by atoms with van der Waals surface area (Å²) in [4.78, 5) is 44.6. The number of aromatic nitrogens is 3. The van der Waals surface area contributed by atoms with Gasteiger partial charge in [-0.3, -0.25) is 14.4 Å². The van der Waals surface area contributed by atoms with Crippen molar-refractivity contribution >= 4 is 29.2 Å². The first-order valence-corrected chi connectivity index (χ1v) is 16.8. The lowest BCUT2D eigenvalue weighted by atomic mass is 9.92. The highest BCUT2D eigenvalue weighted by molar-refractivity contribution is 5.75. The molecule has 2 fully saturated rings. The first-order chi connectivity index (χ1) is 24.9. The third-order valence-corrected chi connectivity index (χ3v) is 8.83. The van der Waals surface area contributed by atoms with Gasteiger partial charge in [-0.25, -0.2) is 9.50 Å². The summed E-state index contributed by atoms with van der Waals surface area (Å²) in [5, 5.41) is 18.8. The molecule has 3 heterocycles. The van der Waals surface area contributed by atoms with Gasteiger partial charge in [-0.15, -0.1) is 0 Å². The summed E-state index contributed by atoms with van der Waals surface area (Å²) in [6, 6.07) is 33.0. The molecule has 3 aromatic carbocycles. The van der Waals surface area contributed by atoms with Crippen LogP contribution in [0.4, 0.5) is 5.82 Å². The van der Waals surface area contributed by atoms with Crippen LogP contribution < -0.4 is 5.32 Å². The summed E-state index contributed by atoms with van der Waals surface area (Å²) in [6.45, 7) is -0.391. The highest BCUT2D eigenvalue weighted by Gasteiger charge is 2.62. The van der Waals surface area contributed by atoms with Crippen molar-refractivity contribution in [1.29, 1.82) is 5.26 Å². The van der Waals surface area contributed by atoms with Gasteiger partial charge in [-0.1, -0.05) is 91.0 Å². The van der Waals surface area contributed by atoms with Crippen molar-refractivity contribution < 1.29 is 33.3 Å². The summed E-state index contributed by atoms with van der Waals surface area (Å²) in [5.74, 6) is -1.30. The Morgan fingerprint density at radius 2 is 1.37 bits per heavy atom. The minimum atomic E-state index is -2.04. The molecule has 2 aliphatic rings. The number of nitrogens with one attached hydrogen (secondary N) is 1. The van der Waals surface area contributed by atoms with Gasteiger partial charge in [-0.05, 0) is 41.7 Å². The minimum Gasteiger partial charge on any atom is -0.463 e. The third kappa shape index (κ3) is 7.59. The van der Waals surface area contributed by atoms with E-state index < -0.39 is 48.4 Å². The largest absolute Gasteiger partial charge is 0.463 e. The molecule has 1 saturated heterocycles. The van der Waals surface area contributed by atoms with Gasteiger partial charge in [0.2, 0.25) is 5.60 Å². The van der Waals surface area contributed by atoms with Crippen LogP contribution in [0.15, 0.2) is 109 Å². The molecule has 12 nitrogen and oxygen atoms in total. The van der Waals surface area contributed by atoms with Crippen LogP contribution in [0.1, 0.15) is 35.2 Å². The normalized spacial score (nSPS) is 21.0. The van der Waals surface area contributed by atoms with E-state index in [1.54, 1.807) is 72.8 Å². The van der Waals surface area contributed by atoms with E-state index in [0.717, 1.165) is 18.4 Å². The van der Waals surface area contributed by atoms with Crippen LogP contribution >= 0.6 is 0 Å². The van der Waals surface area contributed by atoms with Crippen LogP contribution in [-0.2, 0) is 58.2 Å². The molecule has 258 valence electrons. The van der Waals surface area contributed by atoms with Crippen molar-refractivity contribution in [2.24, 2.45) is 0 Å². The molecule has 0 radical (unpaired) electrons. The van der Waals surface area contributed by atoms with Gasteiger partial charge in [-0.2, -0.15) is 10.4 Å². The molecule has 1 aliphatic heterocycles. The number of esters is 3. The maximum Gasteiger partial charge on any atom is 0.310 e. The Balaban J connectivity index is 1.25. The van der Waals surface area contributed by atoms with Crippen LogP contribution in [0, 0.1) is 11.3 Å². The lowest BCUT2D eigenvalue weighted by Gasteiger charge is -2.28. The Bertz CT molecular complexity index is 2050. The van der Waals surface area contributed by atoms with Crippen molar-refractivity contribution in [1.82, 2.24) is 14.6 Å². The first kappa shape index (κ1) is 33.4. The van der Waals surface area contributed by atoms with Crippen LogP contribution in [0.3, 0.4) is 0 Å². The van der Waals surface area contributed by atoms with E-state index >= 15 is 0 Å². The fourth-order valence-electron chi connectivity index (χ4n) is 6.21. The van der Waals surface area contributed by atoms with Gasteiger partial charge < -0.3 is 24.3 Å². The second-order valence-corrected chi connectivity index (χ2v) is 12.6. The fraction of sp³-hybridized carbons (Fsp3) is 0.282. The Kier molecular flexibility index (Phi) is 9.72. The van der Waals surface area contributed by atoms with E-state index in [9.17, 15) is 19.6 Å². The predicted octanol–water partition coefficient (Wildman–Crippen LogP) is 4.52. The maximum absolute atomic E-state index is 13.6. The molecule has 1 saturated carbocycles. The molecular formula is C39H35N5O7. The van der Waals surface area contributed by atoms with Gasteiger partial charge >= 0.3 is 17.9 Å². The van der Waals surface area contributed by atoms with Crippen molar-refractivity contribution in [3.05, 3.63) is 132 Å². The Morgan fingerprint density at radius 3 is 1.94 bits per heavy atom. The Morgan fingerprint density at radius 1 is 0.804 bits per heavy atom. The lowest BCUT2D eigenvalue weighted by Crippen LogP contribution is -2.46. The number of nitrogens with zero attached hydrogens (tertiary/aromatic N) is 4. The number of benzene rings is 3. The summed E-state index contributed by atoms with van der Waals surface area (Å²) < 4.78 is 25.9. The smallest absolute Gasteiger partial charge is 0.310 e.